The number of carbonyl (C=O) groups is 1. The van der Waals surface area contributed by atoms with Crippen LogP contribution in [-0.2, 0) is 17.8 Å². The van der Waals surface area contributed by atoms with Crippen LogP contribution in [0.25, 0.3) is 10.8 Å². The van der Waals surface area contributed by atoms with Gasteiger partial charge in [0.25, 0.3) is 5.91 Å². The number of ether oxygens (including phenoxy) is 1. The van der Waals surface area contributed by atoms with E-state index in [0.717, 1.165) is 35.0 Å². The van der Waals surface area contributed by atoms with E-state index < -0.39 is 0 Å². The molecule has 1 heterocycles. The zero-order valence-electron chi connectivity index (χ0n) is 18.8. The predicted molar refractivity (Wildman–Crippen MR) is 130 cm³/mol. The van der Waals surface area contributed by atoms with Crippen molar-refractivity contribution in [1.29, 1.82) is 0 Å². The number of aromatic nitrogens is 1. The zero-order valence-corrected chi connectivity index (χ0v) is 18.8. The van der Waals surface area contributed by atoms with Gasteiger partial charge in [-0.3, -0.25) is 4.79 Å². The summed E-state index contributed by atoms with van der Waals surface area (Å²) in [5.41, 5.74) is 4.41. The fraction of sp³-hybridized carbons (Fsp3) is 0.250. The molecule has 4 rings (SSSR count). The first-order valence-corrected chi connectivity index (χ1v) is 11.1. The van der Waals surface area contributed by atoms with Crippen LogP contribution in [0, 0.1) is 6.92 Å². The van der Waals surface area contributed by atoms with Crippen molar-refractivity contribution in [2.75, 3.05) is 20.3 Å². The fourth-order valence-electron chi connectivity index (χ4n) is 4.07. The summed E-state index contributed by atoms with van der Waals surface area (Å²) in [6.07, 6.45) is 2.89. The highest BCUT2D eigenvalue weighted by Crippen LogP contribution is 2.19. The van der Waals surface area contributed by atoms with E-state index in [-0.39, 0.29) is 5.91 Å². The van der Waals surface area contributed by atoms with Crippen molar-refractivity contribution in [3.63, 3.8) is 0 Å². The molecule has 0 atom stereocenters. The van der Waals surface area contributed by atoms with Crippen LogP contribution in [-0.4, -0.2) is 35.6 Å². The summed E-state index contributed by atoms with van der Waals surface area (Å²) in [6, 6.07) is 26.7. The number of hydrogen-bond donors (Lipinski definition) is 0. The van der Waals surface area contributed by atoms with Crippen LogP contribution >= 0.6 is 0 Å². The topological polar surface area (TPSA) is 34.5 Å². The minimum Gasteiger partial charge on any atom is -0.385 e. The molecule has 3 aromatic carbocycles. The Hall–Kier alpha value is -3.37. The number of nitrogens with zero attached hydrogens (tertiary/aromatic N) is 2. The van der Waals surface area contributed by atoms with Crippen molar-refractivity contribution in [3.05, 3.63) is 107 Å². The monoisotopic (exact) mass is 426 g/mol. The van der Waals surface area contributed by atoms with E-state index in [9.17, 15) is 4.79 Å². The first-order chi connectivity index (χ1) is 15.7. The summed E-state index contributed by atoms with van der Waals surface area (Å²) in [5.74, 6) is 0.0514. The van der Waals surface area contributed by atoms with E-state index in [1.54, 1.807) is 7.11 Å². The van der Waals surface area contributed by atoms with E-state index in [2.05, 4.69) is 66.2 Å². The van der Waals surface area contributed by atoms with Gasteiger partial charge in [-0.1, -0.05) is 54.6 Å². The van der Waals surface area contributed by atoms with Gasteiger partial charge in [-0.25, -0.2) is 0 Å². The van der Waals surface area contributed by atoms with Crippen molar-refractivity contribution in [2.24, 2.45) is 0 Å². The summed E-state index contributed by atoms with van der Waals surface area (Å²) < 4.78 is 7.48. The van der Waals surface area contributed by atoms with Gasteiger partial charge in [-0.05, 0) is 59.5 Å². The molecule has 1 amide bonds. The maximum atomic E-state index is 13.5. The smallest absolute Gasteiger partial charge is 0.254 e. The largest absolute Gasteiger partial charge is 0.385 e. The molecule has 0 aliphatic heterocycles. The Kier molecular flexibility index (Phi) is 7.03. The Bertz CT molecular complexity index is 1190. The van der Waals surface area contributed by atoms with Gasteiger partial charge in [-0.2, -0.15) is 0 Å². The summed E-state index contributed by atoms with van der Waals surface area (Å²) in [5, 5.41) is 2.22. The van der Waals surface area contributed by atoms with Crippen LogP contribution in [0.3, 0.4) is 0 Å². The highest BCUT2D eigenvalue weighted by molar-refractivity contribution is 5.98. The highest BCUT2D eigenvalue weighted by atomic mass is 16.5. The van der Waals surface area contributed by atoms with Crippen molar-refractivity contribution < 1.29 is 9.53 Å². The minimum absolute atomic E-state index is 0.0514. The van der Waals surface area contributed by atoms with Crippen LogP contribution in [0.1, 0.15) is 33.6 Å². The maximum Gasteiger partial charge on any atom is 0.254 e. The molecule has 4 nitrogen and oxygen atoms in total. The third-order valence-electron chi connectivity index (χ3n) is 5.94. The van der Waals surface area contributed by atoms with Crippen molar-refractivity contribution in [3.8, 4) is 0 Å². The Balaban J connectivity index is 1.57. The molecule has 0 radical (unpaired) electrons. The molecule has 4 aromatic rings. The summed E-state index contributed by atoms with van der Waals surface area (Å²) in [6.45, 7) is 4.78. The maximum absolute atomic E-state index is 13.5. The van der Waals surface area contributed by atoms with Gasteiger partial charge in [0.1, 0.15) is 0 Å². The molecule has 1 aromatic heterocycles. The molecular weight excluding hydrogens is 396 g/mol. The second kappa shape index (κ2) is 10.3. The predicted octanol–water partition coefficient (Wildman–Crippen LogP) is 5.68. The molecule has 4 heteroatoms. The van der Waals surface area contributed by atoms with Crippen LogP contribution in [0.15, 0.2) is 85.1 Å². The lowest BCUT2D eigenvalue weighted by Gasteiger charge is -2.24. The average Bonchev–Trinajstić information content (AvgIpc) is 3.25. The molecule has 0 bridgehead atoms. The highest BCUT2D eigenvalue weighted by Gasteiger charge is 2.18. The Labute approximate surface area is 190 Å². The van der Waals surface area contributed by atoms with Crippen LogP contribution in [0.4, 0.5) is 0 Å². The number of fused-ring (bicyclic) bond motifs is 1. The molecule has 0 fully saturated rings. The minimum atomic E-state index is 0.0514. The summed E-state index contributed by atoms with van der Waals surface area (Å²) in [7, 11) is 1.70. The molecule has 0 spiro atoms. The second-order valence-corrected chi connectivity index (χ2v) is 8.19. The van der Waals surface area contributed by atoms with Gasteiger partial charge in [0, 0.05) is 44.3 Å². The Morgan fingerprint density at radius 3 is 2.53 bits per heavy atom. The van der Waals surface area contributed by atoms with Crippen molar-refractivity contribution in [1.82, 2.24) is 9.47 Å². The number of aryl methyl sites for hydroxylation is 1. The lowest BCUT2D eigenvalue weighted by molar-refractivity contribution is 0.0720. The summed E-state index contributed by atoms with van der Waals surface area (Å²) >= 11 is 0. The Morgan fingerprint density at radius 1 is 0.938 bits per heavy atom. The van der Waals surface area contributed by atoms with Crippen molar-refractivity contribution >= 4 is 16.7 Å². The molecule has 0 saturated heterocycles. The molecular formula is C28H30N2O2. The average molecular weight is 427 g/mol. The third kappa shape index (κ3) is 5.09. The van der Waals surface area contributed by atoms with Crippen LogP contribution < -0.4 is 0 Å². The van der Waals surface area contributed by atoms with Crippen LogP contribution in [0.2, 0.25) is 0 Å². The molecule has 0 saturated carbocycles. The molecule has 0 aliphatic rings. The SMILES string of the molecule is COCCCN(Cc1cccn1Cc1ccccc1C)C(=O)c1ccc2ccccc2c1. The van der Waals surface area contributed by atoms with E-state index >= 15 is 0 Å². The third-order valence-corrected chi connectivity index (χ3v) is 5.94. The lowest BCUT2D eigenvalue weighted by atomic mass is 10.1. The standard InChI is InChI=1S/C28H30N2O2/c1-22-9-3-4-12-26(22)20-29-16-7-13-27(29)21-30(17-8-18-32-2)28(31)25-15-14-23-10-5-6-11-24(23)19-25/h3-7,9-16,19H,8,17-18,20-21H2,1-2H3. The quantitative estimate of drug-likeness (QED) is 0.323. The zero-order chi connectivity index (χ0) is 22.3. The number of carbonyl (C=O) groups excluding carboxylic acids is 1. The molecule has 0 aliphatic carbocycles. The molecule has 164 valence electrons. The number of benzene rings is 3. The first-order valence-electron chi connectivity index (χ1n) is 11.1. The van der Waals surface area contributed by atoms with Gasteiger partial charge in [0.2, 0.25) is 0 Å². The van der Waals surface area contributed by atoms with Crippen LogP contribution in [0.5, 0.6) is 0 Å². The normalized spacial score (nSPS) is 11.1. The molecule has 0 unspecified atom stereocenters. The van der Waals surface area contributed by atoms with E-state index in [1.165, 1.54) is 11.1 Å². The number of rotatable bonds is 9. The summed E-state index contributed by atoms with van der Waals surface area (Å²) in [4.78, 5) is 15.4. The fourth-order valence-corrected chi connectivity index (χ4v) is 4.07. The van der Waals surface area contributed by atoms with Gasteiger partial charge in [0.15, 0.2) is 0 Å². The number of hydrogen-bond acceptors (Lipinski definition) is 2. The Morgan fingerprint density at radius 2 is 1.72 bits per heavy atom. The van der Waals surface area contributed by atoms with Gasteiger partial charge < -0.3 is 14.2 Å². The number of methoxy groups -OCH3 is 1. The lowest BCUT2D eigenvalue weighted by Crippen LogP contribution is -2.33. The van der Waals surface area contributed by atoms with Gasteiger partial charge >= 0.3 is 0 Å². The molecule has 32 heavy (non-hydrogen) atoms. The van der Waals surface area contributed by atoms with Crippen molar-refractivity contribution in [2.45, 2.75) is 26.4 Å². The molecule has 0 N–H and O–H groups in total. The van der Waals surface area contributed by atoms with E-state index in [4.69, 9.17) is 4.74 Å². The van der Waals surface area contributed by atoms with Gasteiger partial charge in [-0.15, -0.1) is 0 Å². The van der Waals surface area contributed by atoms with E-state index in [1.807, 2.05) is 35.2 Å². The first kappa shape index (κ1) is 21.8. The number of amides is 1. The second-order valence-electron chi connectivity index (χ2n) is 8.19. The van der Waals surface area contributed by atoms with Gasteiger partial charge in [0.05, 0.1) is 6.54 Å². The van der Waals surface area contributed by atoms with E-state index in [0.29, 0.717) is 19.7 Å².